The van der Waals surface area contributed by atoms with Crippen LogP contribution in [-0.2, 0) is 17.8 Å². The van der Waals surface area contributed by atoms with E-state index in [0.717, 1.165) is 28.1 Å². The van der Waals surface area contributed by atoms with Gasteiger partial charge in [0.2, 0.25) is 5.89 Å². The van der Waals surface area contributed by atoms with Crippen LogP contribution in [0.4, 0.5) is 4.79 Å². The average Bonchev–Trinajstić information content (AvgIpc) is 3.28. The number of aliphatic hydroxyl groups is 1. The van der Waals surface area contributed by atoms with Crippen LogP contribution in [0, 0.1) is 6.92 Å². The summed E-state index contributed by atoms with van der Waals surface area (Å²) in [4.78, 5) is 16.7. The lowest BCUT2D eigenvalue weighted by molar-refractivity contribution is 0.129. The molecule has 0 aliphatic heterocycles. The maximum absolute atomic E-state index is 12.1. The second-order valence-corrected chi connectivity index (χ2v) is 8.00. The Kier molecular flexibility index (Phi) is 8.14. The van der Waals surface area contributed by atoms with E-state index in [1.807, 2.05) is 79.7 Å². The number of aromatic nitrogens is 1. The summed E-state index contributed by atoms with van der Waals surface area (Å²) < 4.78 is 16.9. The van der Waals surface area contributed by atoms with Gasteiger partial charge in [-0.3, -0.25) is 0 Å². The number of aliphatic hydroxyl groups excluding tert-OH is 1. The van der Waals surface area contributed by atoms with Crippen molar-refractivity contribution in [2.24, 2.45) is 0 Å². The van der Waals surface area contributed by atoms with Crippen molar-refractivity contribution in [3.8, 4) is 17.2 Å². The van der Waals surface area contributed by atoms with Crippen molar-refractivity contribution < 1.29 is 23.8 Å². The van der Waals surface area contributed by atoms with E-state index < -0.39 is 12.1 Å². The van der Waals surface area contributed by atoms with Crippen LogP contribution in [0.2, 0.25) is 0 Å². The lowest BCUT2D eigenvalue weighted by Gasteiger charge is -2.17. The fourth-order valence-electron chi connectivity index (χ4n) is 3.57. The molecule has 1 heterocycles. The van der Waals surface area contributed by atoms with E-state index in [1.54, 1.807) is 12.1 Å². The summed E-state index contributed by atoms with van der Waals surface area (Å²) in [5.41, 5.74) is 3.44. The molecule has 4 rings (SSSR count). The van der Waals surface area contributed by atoms with Gasteiger partial charge in [-0.05, 0) is 42.3 Å². The van der Waals surface area contributed by atoms with E-state index in [-0.39, 0.29) is 13.2 Å². The molecule has 0 spiro atoms. The molecule has 2 N–H and O–H groups in total. The average molecular weight is 473 g/mol. The summed E-state index contributed by atoms with van der Waals surface area (Å²) in [6, 6.07) is 25.8. The van der Waals surface area contributed by atoms with Gasteiger partial charge in [-0.15, -0.1) is 0 Å². The van der Waals surface area contributed by atoms with Gasteiger partial charge in [-0.1, -0.05) is 60.7 Å². The lowest BCUT2D eigenvalue weighted by Crippen LogP contribution is -2.31. The zero-order valence-corrected chi connectivity index (χ0v) is 19.5. The van der Waals surface area contributed by atoms with Crippen LogP contribution in [0.1, 0.15) is 28.6 Å². The Hall–Kier alpha value is -4.10. The molecule has 0 bridgehead atoms. The molecule has 35 heavy (non-hydrogen) atoms. The van der Waals surface area contributed by atoms with Gasteiger partial charge in [0.05, 0.1) is 24.9 Å². The molecule has 0 aliphatic rings. The van der Waals surface area contributed by atoms with Gasteiger partial charge in [-0.2, -0.15) is 0 Å². The molecular weight excluding hydrogens is 444 g/mol. The van der Waals surface area contributed by atoms with Crippen molar-refractivity contribution >= 4 is 6.09 Å². The summed E-state index contributed by atoms with van der Waals surface area (Å²) in [5, 5.41) is 12.4. The lowest BCUT2D eigenvalue weighted by atomic mass is 10.1. The molecule has 0 aliphatic carbocycles. The monoisotopic (exact) mass is 472 g/mol. The van der Waals surface area contributed by atoms with Crippen LogP contribution >= 0.6 is 0 Å². The highest BCUT2D eigenvalue weighted by molar-refractivity contribution is 5.68. The first-order valence-electron chi connectivity index (χ1n) is 11.4. The Morgan fingerprint density at radius 3 is 2.37 bits per heavy atom. The number of hydrogen-bond donors (Lipinski definition) is 2. The standard InChI is InChI=1S/C28H28N2O5/c1-20-25(29-27(35-20)23-10-6-3-7-11-23)16-17-33-24-14-12-22(13-15-24)26(18-31)30-28(32)34-19-21-8-4-2-5-9-21/h2-15,26,31H,16-19H2,1H3,(H,30,32). The highest BCUT2D eigenvalue weighted by atomic mass is 16.5. The van der Waals surface area contributed by atoms with Crippen molar-refractivity contribution in [1.29, 1.82) is 0 Å². The molecule has 1 unspecified atom stereocenters. The largest absolute Gasteiger partial charge is 0.493 e. The molecular formula is C28H28N2O5. The number of amides is 1. The topological polar surface area (TPSA) is 93.8 Å². The van der Waals surface area contributed by atoms with Crippen molar-refractivity contribution in [3.05, 3.63) is 108 Å². The maximum Gasteiger partial charge on any atom is 0.408 e. The van der Waals surface area contributed by atoms with E-state index in [9.17, 15) is 9.90 Å². The van der Waals surface area contributed by atoms with Crippen molar-refractivity contribution in [2.75, 3.05) is 13.2 Å². The van der Waals surface area contributed by atoms with Gasteiger partial charge in [-0.25, -0.2) is 9.78 Å². The molecule has 7 heteroatoms. The molecule has 1 atom stereocenters. The van der Waals surface area contributed by atoms with E-state index in [0.29, 0.717) is 24.7 Å². The number of hydrogen-bond acceptors (Lipinski definition) is 6. The van der Waals surface area contributed by atoms with Crippen LogP contribution < -0.4 is 10.1 Å². The number of aryl methyl sites for hydroxylation is 1. The summed E-state index contributed by atoms with van der Waals surface area (Å²) in [6.07, 6.45) is 0.0175. The van der Waals surface area contributed by atoms with Crippen LogP contribution in [0.25, 0.3) is 11.5 Å². The second-order valence-electron chi connectivity index (χ2n) is 8.00. The molecule has 0 fully saturated rings. The predicted octanol–water partition coefficient (Wildman–Crippen LogP) is 5.23. The minimum Gasteiger partial charge on any atom is -0.493 e. The van der Waals surface area contributed by atoms with Crippen LogP contribution in [0.5, 0.6) is 5.75 Å². The van der Waals surface area contributed by atoms with Gasteiger partial charge >= 0.3 is 6.09 Å². The van der Waals surface area contributed by atoms with Gasteiger partial charge in [0, 0.05) is 12.0 Å². The van der Waals surface area contributed by atoms with E-state index in [4.69, 9.17) is 13.9 Å². The summed E-state index contributed by atoms with van der Waals surface area (Å²) >= 11 is 0. The fraction of sp³-hybridized carbons (Fsp3) is 0.214. The first kappa shape index (κ1) is 24.0. The number of benzene rings is 3. The molecule has 180 valence electrons. The minimum absolute atomic E-state index is 0.162. The highest BCUT2D eigenvalue weighted by Gasteiger charge is 2.15. The zero-order chi connectivity index (χ0) is 24.5. The van der Waals surface area contributed by atoms with E-state index >= 15 is 0 Å². The number of rotatable bonds is 10. The third kappa shape index (κ3) is 6.71. The SMILES string of the molecule is Cc1oc(-c2ccccc2)nc1CCOc1ccc(C(CO)NC(=O)OCc2ccccc2)cc1. The number of nitrogens with one attached hydrogen (secondary N) is 1. The van der Waals surface area contributed by atoms with Crippen LogP contribution in [0.3, 0.4) is 0 Å². The summed E-state index contributed by atoms with van der Waals surface area (Å²) in [7, 11) is 0. The van der Waals surface area contributed by atoms with E-state index in [2.05, 4.69) is 10.3 Å². The third-order valence-electron chi connectivity index (χ3n) is 5.49. The van der Waals surface area contributed by atoms with Gasteiger partial charge < -0.3 is 24.3 Å². The number of carbonyl (C=O) groups is 1. The first-order chi connectivity index (χ1) is 17.1. The van der Waals surface area contributed by atoms with E-state index in [1.165, 1.54) is 0 Å². The molecule has 0 saturated heterocycles. The molecule has 7 nitrogen and oxygen atoms in total. The number of carbonyl (C=O) groups excluding carboxylic acids is 1. The van der Waals surface area contributed by atoms with Crippen molar-refractivity contribution in [2.45, 2.75) is 26.0 Å². The smallest absolute Gasteiger partial charge is 0.408 e. The Morgan fingerprint density at radius 1 is 1.00 bits per heavy atom. The van der Waals surface area contributed by atoms with Gasteiger partial charge in [0.15, 0.2) is 0 Å². The maximum atomic E-state index is 12.1. The van der Waals surface area contributed by atoms with Crippen molar-refractivity contribution in [3.63, 3.8) is 0 Å². The Balaban J connectivity index is 1.26. The zero-order valence-electron chi connectivity index (χ0n) is 19.5. The summed E-state index contributed by atoms with van der Waals surface area (Å²) in [5.74, 6) is 2.06. The minimum atomic E-state index is -0.592. The number of nitrogens with zero attached hydrogens (tertiary/aromatic N) is 1. The van der Waals surface area contributed by atoms with Crippen LogP contribution in [-0.4, -0.2) is 29.4 Å². The first-order valence-corrected chi connectivity index (χ1v) is 11.4. The summed E-state index contributed by atoms with van der Waals surface area (Å²) in [6.45, 7) is 2.25. The Morgan fingerprint density at radius 2 is 1.69 bits per heavy atom. The highest BCUT2D eigenvalue weighted by Crippen LogP contribution is 2.22. The molecule has 3 aromatic carbocycles. The fourth-order valence-corrected chi connectivity index (χ4v) is 3.57. The molecule has 1 amide bonds. The number of oxazole rings is 1. The quantitative estimate of drug-likeness (QED) is 0.328. The molecule has 0 saturated carbocycles. The molecule has 1 aromatic heterocycles. The normalized spacial score (nSPS) is 11.6. The second kappa shape index (κ2) is 11.9. The van der Waals surface area contributed by atoms with Gasteiger partial charge in [0.25, 0.3) is 0 Å². The number of ether oxygens (including phenoxy) is 2. The van der Waals surface area contributed by atoms with Crippen molar-refractivity contribution in [1.82, 2.24) is 10.3 Å². The molecule has 4 aromatic rings. The van der Waals surface area contributed by atoms with Crippen LogP contribution in [0.15, 0.2) is 89.3 Å². The predicted molar refractivity (Wildman–Crippen MR) is 132 cm³/mol. The number of alkyl carbamates (subject to hydrolysis) is 1. The molecule has 0 radical (unpaired) electrons. The van der Waals surface area contributed by atoms with Gasteiger partial charge in [0.1, 0.15) is 18.1 Å². The third-order valence-corrected chi connectivity index (χ3v) is 5.49. The Bertz CT molecular complexity index is 1210. The Labute approximate surface area is 204 Å².